The van der Waals surface area contributed by atoms with Gasteiger partial charge in [-0.25, -0.2) is 4.79 Å². The molecule has 0 radical (unpaired) electrons. The fourth-order valence-electron chi connectivity index (χ4n) is 2.69. The summed E-state index contributed by atoms with van der Waals surface area (Å²) in [6.07, 6.45) is 10.6. The smallest absolute Gasteiger partial charge is 0.326 e. The Balaban J connectivity index is 2.08. The lowest BCUT2D eigenvalue weighted by atomic mass is 10.1. The van der Waals surface area contributed by atoms with E-state index in [2.05, 4.69) is 6.92 Å². The van der Waals surface area contributed by atoms with Gasteiger partial charge < -0.3 is 10.0 Å². The molecule has 0 aromatic rings. The summed E-state index contributed by atoms with van der Waals surface area (Å²) in [5.41, 5.74) is 0. The SMILES string of the molecule is CCCCCCCCCCN1C(=O)CC[C@H]1C(=O)O. The van der Waals surface area contributed by atoms with Crippen LogP contribution in [-0.2, 0) is 9.59 Å². The van der Waals surface area contributed by atoms with Crippen molar-refractivity contribution in [3.05, 3.63) is 0 Å². The molecule has 19 heavy (non-hydrogen) atoms. The van der Waals surface area contributed by atoms with E-state index in [1.54, 1.807) is 4.90 Å². The van der Waals surface area contributed by atoms with Gasteiger partial charge in [-0.3, -0.25) is 4.79 Å². The average Bonchev–Trinajstić information content (AvgIpc) is 2.74. The quantitative estimate of drug-likeness (QED) is 0.620. The first-order chi connectivity index (χ1) is 9.16. The number of carbonyl (C=O) groups is 2. The highest BCUT2D eigenvalue weighted by Gasteiger charge is 2.35. The molecular formula is C15H27NO3. The maximum absolute atomic E-state index is 11.6. The summed E-state index contributed by atoms with van der Waals surface area (Å²) in [5.74, 6) is -0.847. The van der Waals surface area contributed by atoms with Crippen molar-refractivity contribution in [2.45, 2.75) is 77.2 Å². The first-order valence-electron chi connectivity index (χ1n) is 7.69. The highest BCUT2D eigenvalue weighted by molar-refractivity contribution is 5.87. The van der Waals surface area contributed by atoms with Crippen molar-refractivity contribution in [3.8, 4) is 0 Å². The minimum atomic E-state index is -0.856. The fourth-order valence-corrected chi connectivity index (χ4v) is 2.69. The molecule has 1 heterocycles. The zero-order valence-corrected chi connectivity index (χ0v) is 12.1. The second-order valence-corrected chi connectivity index (χ2v) is 5.45. The number of aliphatic carboxylic acids is 1. The van der Waals surface area contributed by atoms with E-state index in [0.29, 0.717) is 19.4 Å². The molecule has 1 fully saturated rings. The molecule has 0 aliphatic carbocycles. The molecule has 1 aliphatic rings. The molecule has 0 aromatic heterocycles. The van der Waals surface area contributed by atoms with E-state index in [0.717, 1.165) is 12.8 Å². The lowest BCUT2D eigenvalue weighted by Gasteiger charge is -2.21. The van der Waals surface area contributed by atoms with Crippen molar-refractivity contribution in [3.63, 3.8) is 0 Å². The van der Waals surface area contributed by atoms with E-state index in [9.17, 15) is 9.59 Å². The molecule has 110 valence electrons. The van der Waals surface area contributed by atoms with Crippen LogP contribution in [0.5, 0.6) is 0 Å². The topological polar surface area (TPSA) is 57.6 Å². The monoisotopic (exact) mass is 269 g/mol. The van der Waals surface area contributed by atoms with Gasteiger partial charge in [0.25, 0.3) is 0 Å². The minimum absolute atomic E-state index is 0.00958. The minimum Gasteiger partial charge on any atom is -0.480 e. The first-order valence-corrected chi connectivity index (χ1v) is 7.69. The third-order valence-corrected chi connectivity index (χ3v) is 3.87. The summed E-state index contributed by atoms with van der Waals surface area (Å²) < 4.78 is 0. The highest BCUT2D eigenvalue weighted by atomic mass is 16.4. The molecule has 1 N–H and O–H groups in total. The molecule has 0 aromatic carbocycles. The number of likely N-dealkylation sites (tertiary alicyclic amines) is 1. The molecule has 1 rings (SSSR count). The van der Waals surface area contributed by atoms with Crippen LogP contribution in [0.2, 0.25) is 0 Å². The van der Waals surface area contributed by atoms with Crippen LogP contribution in [0, 0.1) is 0 Å². The van der Waals surface area contributed by atoms with Gasteiger partial charge in [0.1, 0.15) is 6.04 Å². The second kappa shape index (κ2) is 8.94. The first kappa shape index (κ1) is 16.0. The summed E-state index contributed by atoms with van der Waals surface area (Å²) in [6, 6.07) is -0.572. The van der Waals surface area contributed by atoms with Gasteiger partial charge in [0.2, 0.25) is 5.91 Å². The number of carbonyl (C=O) groups excluding carboxylic acids is 1. The number of carboxylic acids is 1. The summed E-state index contributed by atoms with van der Waals surface area (Å²) >= 11 is 0. The van der Waals surface area contributed by atoms with Crippen LogP contribution in [0.15, 0.2) is 0 Å². The Hall–Kier alpha value is -1.06. The maximum Gasteiger partial charge on any atom is 0.326 e. The van der Waals surface area contributed by atoms with Crippen LogP contribution in [0.3, 0.4) is 0 Å². The standard InChI is InChI=1S/C15H27NO3/c1-2-3-4-5-6-7-8-9-12-16-13(15(18)19)10-11-14(16)17/h13H,2-12H2,1H3,(H,18,19)/t13-/m0/s1. The zero-order valence-electron chi connectivity index (χ0n) is 12.1. The molecule has 1 aliphatic heterocycles. The van der Waals surface area contributed by atoms with Crippen LogP contribution in [-0.4, -0.2) is 34.5 Å². The van der Waals surface area contributed by atoms with E-state index >= 15 is 0 Å². The number of hydrogen-bond acceptors (Lipinski definition) is 2. The number of hydrogen-bond donors (Lipinski definition) is 1. The van der Waals surface area contributed by atoms with E-state index in [1.807, 2.05) is 0 Å². The Bertz CT molecular complexity index is 291. The van der Waals surface area contributed by atoms with Crippen molar-refractivity contribution in [2.75, 3.05) is 6.54 Å². The molecule has 0 bridgehead atoms. The van der Waals surface area contributed by atoms with E-state index < -0.39 is 12.0 Å². The van der Waals surface area contributed by atoms with Gasteiger partial charge in [-0.1, -0.05) is 51.9 Å². The van der Waals surface area contributed by atoms with E-state index in [4.69, 9.17) is 5.11 Å². The maximum atomic E-state index is 11.6. The Morgan fingerprint density at radius 1 is 1.16 bits per heavy atom. The third-order valence-electron chi connectivity index (χ3n) is 3.87. The van der Waals surface area contributed by atoms with Crippen LogP contribution in [0.4, 0.5) is 0 Å². The lowest BCUT2D eigenvalue weighted by Crippen LogP contribution is -2.39. The number of carboxylic acid groups (broad SMARTS) is 1. The van der Waals surface area contributed by atoms with Gasteiger partial charge in [-0.15, -0.1) is 0 Å². The Morgan fingerprint density at radius 3 is 2.32 bits per heavy atom. The molecule has 0 unspecified atom stereocenters. The van der Waals surface area contributed by atoms with Crippen LogP contribution in [0.1, 0.15) is 71.1 Å². The van der Waals surface area contributed by atoms with Crippen LogP contribution < -0.4 is 0 Å². The van der Waals surface area contributed by atoms with Crippen molar-refractivity contribution in [1.29, 1.82) is 0 Å². The molecule has 1 atom stereocenters. The fraction of sp³-hybridized carbons (Fsp3) is 0.867. The predicted molar refractivity (Wildman–Crippen MR) is 75.0 cm³/mol. The van der Waals surface area contributed by atoms with Gasteiger partial charge in [0.15, 0.2) is 0 Å². The molecular weight excluding hydrogens is 242 g/mol. The van der Waals surface area contributed by atoms with E-state index in [-0.39, 0.29) is 5.91 Å². The van der Waals surface area contributed by atoms with Crippen LogP contribution in [0.25, 0.3) is 0 Å². The van der Waals surface area contributed by atoms with Crippen molar-refractivity contribution < 1.29 is 14.7 Å². The molecule has 4 heteroatoms. The van der Waals surface area contributed by atoms with Gasteiger partial charge in [0.05, 0.1) is 0 Å². The number of rotatable bonds is 10. The van der Waals surface area contributed by atoms with Crippen molar-refractivity contribution >= 4 is 11.9 Å². The van der Waals surface area contributed by atoms with Gasteiger partial charge in [-0.2, -0.15) is 0 Å². The average molecular weight is 269 g/mol. The summed E-state index contributed by atoms with van der Waals surface area (Å²) in [5, 5.41) is 9.03. The molecule has 1 amide bonds. The zero-order chi connectivity index (χ0) is 14.1. The molecule has 0 saturated carbocycles. The highest BCUT2D eigenvalue weighted by Crippen LogP contribution is 2.20. The van der Waals surface area contributed by atoms with Crippen LogP contribution >= 0.6 is 0 Å². The summed E-state index contributed by atoms with van der Waals surface area (Å²) in [4.78, 5) is 24.1. The number of nitrogens with zero attached hydrogens (tertiary/aromatic N) is 1. The summed E-state index contributed by atoms with van der Waals surface area (Å²) in [6.45, 7) is 2.83. The van der Waals surface area contributed by atoms with Gasteiger partial charge in [-0.05, 0) is 12.8 Å². The number of amides is 1. The largest absolute Gasteiger partial charge is 0.480 e. The molecule has 0 spiro atoms. The second-order valence-electron chi connectivity index (χ2n) is 5.45. The number of unbranched alkanes of at least 4 members (excludes halogenated alkanes) is 7. The van der Waals surface area contributed by atoms with Crippen molar-refractivity contribution in [1.82, 2.24) is 4.90 Å². The van der Waals surface area contributed by atoms with Gasteiger partial charge in [0, 0.05) is 13.0 Å². The Labute approximate surface area is 116 Å². The third kappa shape index (κ3) is 5.62. The lowest BCUT2D eigenvalue weighted by molar-refractivity contribution is -0.146. The normalized spacial score (nSPS) is 19.1. The predicted octanol–water partition coefficient (Wildman–Crippen LogP) is 3.20. The van der Waals surface area contributed by atoms with Crippen molar-refractivity contribution in [2.24, 2.45) is 0 Å². The Kier molecular flexibility index (Phi) is 7.53. The summed E-state index contributed by atoms with van der Waals surface area (Å²) in [7, 11) is 0. The van der Waals surface area contributed by atoms with E-state index in [1.165, 1.54) is 38.5 Å². The Morgan fingerprint density at radius 2 is 1.74 bits per heavy atom. The molecule has 1 saturated heterocycles. The molecule has 4 nitrogen and oxygen atoms in total. The van der Waals surface area contributed by atoms with Gasteiger partial charge >= 0.3 is 5.97 Å².